The summed E-state index contributed by atoms with van der Waals surface area (Å²) in [4.78, 5) is 24.3. The van der Waals surface area contributed by atoms with E-state index < -0.39 is 0 Å². The van der Waals surface area contributed by atoms with Gasteiger partial charge in [0.15, 0.2) is 0 Å². The van der Waals surface area contributed by atoms with Crippen molar-refractivity contribution in [1.29, 1.82) is 0 Å². The molecule has 7 rings (SSSR count). The van der Waals surface area contributed by atoms with Crippen LogP contribution in [0.4, 0.5) is 0 Å². The van der Waals surface area contributed by atoms with Crippen LogP contribution >= 0.6 is 0 Å². The van der Waals surface area contributed by atoms with Crippen LogP contribution in [-0.4, -0.2) is 29.1 Å². The highest BCUT2D eigenvalue weighted by Gasteiger charge is 2.84. The van der Waals surface area contributed by atoms with Crippen LogP contribution in [0.15, 0.2) is 11.1 Å². The summed E-state index contributed by atoms with van der Waals surface area (Å²) in [5, 5.41) is 0. The molecule has 2 aliphatic heterocycles. The standard InChI is InChI=1S/C23H28O4/c1-20-6-3-12(24)9-16(20)13-10-14(13)19-15-4-7-22(8-5-18(25)27-22)21(15,2)11-17-23(19,20)26-17/h14-15,17,19H,3-11H2,1-2H3/t14?,15?,17-,19+,20+,21?,22-,23-/m1/s1. The van der Waals surface area contributed by atoms with Crippen molar-refractivity contribution in [2.24, 2.45) is 28.6 Å². The van der Waals surface area contributed by atoms with Gasteiger partial charge in [0.2, 0.25) is 0 Å². The molecule has 0 N–H and O–H groups in total. The van der Waals surface area contributed by atoms with Crippen molar-refractivity contribution in [3.63, 3.8) is 0 Å². The van der Waals surface area contributed by atoms with Gasteiger partial charge in [-0.25, -0.2) is 0 Å². The van der Waals surface area contributed by atoms with Gasteiger partial charge in [0, 0.05) is 36.0 Å². The van der Waals surface area contributed by atoms with E-state index in [1.165, 1.54) is 18.4 Å². The molecule has 0 bridgehead atoms. The third-order valence-electron chi connectivity index (χ3n) is 10.4. The zero-order valence-corrected chi connectivity index (χ0v) is 16.3. The number of carbonyl (C=O) groups is 2. The molecule has 0 radical (unpaired) electrons. The van der Waals surface area contributed by atoms with Crippen LogP contribution in [0, 0.1) is 28.6 Å². The number of allylic oxidation sites excluding steroid dienone is 1. The average Bonchev–Trinajstić information content (AvgIpc) is 3.49. The topological polar surface area (TPSA) is 55.9 Å². The highest BCUT2D eigenvalue weighted by Crippen LogP contribution is 2.81. The quantitative estimate of drug-likeness (QED) is 0.371. The van der Waals surface area contributed by atoms with E-state index in [0.717, 1.165) is 25.7 Å². The Hall–Kier alpha value is -1.16. The molecule has 4 saturated carbocycles. The third kappa shape index (κ3) is 1.47. The Morgan fingerprint density at radius 3 is 2.70 bits per heavy atom. The zero-order chi connectivity index (χ0) is 18.4. The second-order valence-electron chi connectivity index (χ2n) is 11.0. The van der Waals surface area contributed by atoms with Crippen molar-refractivity contribution in [3.8, 4) is 0 Å². The van der Waals surface area contributed by atoms with Gasteiger partial charge in [-0.05, 0) is 50.4 Å². The molecule has 2 heterocycles. The summed E-state index contributed by atoms with van der Waals surface area (Å²) >= 11 is 0. The first-order valence-electron chi connectivity index (χ1n) is 11.0. The fourth-order valence-electron chi connectivity index (χ4n) is 9.04. The van der Waals surface area contributed by atoms with Crippen molar-refractivity contribution in [2.75, 3.05) is 0 Å². The lowest BCUT2D eigenvalue weighted by Crippen LogP contribution is -2.60. The first-order chi connectivity index (χ1) is 12.8. The molecule has 2 spiro atoms. The number of hydrogen-bond acceptors (Lipinski definition) is 4. The lowest BCUT2D eigenvalue weighted by molar-refractivity contribution is -0.164. The molecule has 4 heteroatoms. The van der Waals surface area contributed by atoms with E-state index in [4.69, 9.17) is 9.47 Å². The summed E-state index contributed by atoms with van der Waals surface area (Å²) in [5.74, 6) is 2.20. The van der Waals surface area contributed by atoms with Gasteiger partial charge in [0.1, 0.15) is 17.0 Å². The first-order valence-corrected chi connectivity index (χ1v) is 11.0. The number of fused-ring (bicyclic) bond motifs is 6. The van der Waals surface area contributed by atoms with Crippen LogP contribution in [0.2, 0.25) is 0 Å². The van der Waals surface area contributed by atoms with Crippen molar-refractivity contribution in [1.82, 2.24) is 0 Å². The maximum absolute atomic E-state index is 12.2. The summed E-state index contributed by atoms with van der Waals surface area (Å²) in [5.41, 5.74) is 2.90. The van der Waals surface area contributed by atoms with Gasteiger partial charge < -0.3 is 9.47 Å². The molecule has 0 aromatic carbocycles. The molecule has 2 saturated heterocycles. The fraction of sp³-hybridized carbons (Fsp3) is 0.826. The van der Waals surface area contributed by atoms with Gasteiger partial charge in [0.25, 0.3) is 0 Å². The number of esters is 1. The number of epoxide rings is 1. The number of carbonyl (C=O) groups excluding carboxylic acids is 2. The molecule has 7 aliphatic rings. The SMILES string of the molecule is CC12C[C@H]3O[C@@]34[C@@H](C3CC3=C3CC(=O)CC[C@@]34C)C1CC[C@@]21CCC(=O)O1. The van der Waals surface area contributed by atoms with E-state index in [0.29, 0.717) is 42.8 Å². The second kappa shape index (κ2) is 4.22. The van der Waals surface area contributed by atoms with Crippen LogP contribution in [0.5, 0.6) is 0 Å². The van der Waals surface area contributed by atoms with Crippen molar-refractivity contribution >= 4 is 11.8 Å². The predicted octanol–water partition coefficient (Wildman–Crippen LogP) is 3.73. The molecule has 6 fully saturated rings. The maximum Gasteiger partial charge on any atom is 0.306 e. The van der Waals surface area contributed by atoms with E-state index in [2.05, 4.69) is 13.8 Å². The van der Waals surface area contributed by atoms with Gasteiger partial charge in [-0.1, -0.05) is 25.0 Å². The van der Waals surface area contributed by atoms with Gasteiger partial charge in [0.05, 0.1) is 6.10 Å². The first kappa shape index (κ1) is 15.7. The van der Waals surface area contributed by atoms with Gasteiger partial charge in [-0.15, -0.1) is 0 Å². The van der Waals surface area contributed by atoms with Crippen LogP contribution < -0.4 is 0 Å². The minimum atomic E-state index is -0.241. The summed E-state index contributed by atoms with van der Waals surface area (Å²) in [7, 11) is 0. The number of ketones is 1. The molecule has 0 aromatic heterocycles. The Morgan fingerprint density at radius 2 is 1.93 bits per heavy atom. The number of Topliss-reactive ketones (excluding diaryl/α,β-unsaturated/α-hetero) is 1. The Kier molecular flexibility index (Phi) is 2.46. The molecule has 8 atom stereocenters. The zero-order valence-electron chi connectivity index (χ0n) is 16.3. The summed E-state index contributed by atoms with van der Waals surface area (Å²) < 4.78 is 12.8. The van der Waals surface area contributed by atoms with Crippen molar-refractivity contribution in [3.05, 3.63) is 11.1 Å². The molecule has 4 nitrogen and oxygen atoms in total. The van der Waals surface area contributed by atoms with Gasteiger partial charge in [-0.3, -0.25) is 9.59 Å². The molecule has 0 aromatic rings. The van der Waals surface area contributed by atoms with Crippen molar-refractivity contribution in [2.45, 2.75) is 88.9 Å². The minimum absolute atomic E-state index is 0.00104. The third-order valence-corrected chi connectivity index (χ3v) is 10.4. The van der Waals surface area contributed by atoms with Crippen LogP contribution in [-0.2, 0) is 19.1 Å². The molecule has 3 unspecified atom stereocenters. The predicted molar refractivity (Wildman–Crippen MR) is 96.7 cm³/mol. The molecule has 5 aliphatic carbocycles. The van der Waals surface area contributed by atoms with E-state index >= 15 is 0 Å². The highest BCUT2D eigenvalue weighted by atomic mass is 16.6. The normalized spacial score (nSPS) is 59.6. The maximum atomic E-state index is 12.2. The van der Waals surface area contributed by atoms with Gasteiger partial charge in [-0.2, -0.15) is 0 Å². The fourth-order valence-corrected chi connectivity index (χ4v) is 9.04. The van der Waals surface area contributed by atoms with E-state index in [1.807, 2.05) is 0 Å². The molecular formula is C23H28O4. The smallest absolute Gasteiger partial charge is 0.306 e. The lowest BCUT2D eigenvalue weighted by atomic mass is 9.46. The van der Waals surface area contributed by atoms with Crippen molar-refractivity contribution < 1.29 is 19.1 Å². The Morgan fingerprint density at radius 1 is 1.07 bits per heavy atom. The van der Waals surface area contributed by atoms with Crippen LogP contribution in [0.25, 0.3) is 0 Å². The number of ether oxygens (including phenoxy) is 2. The average molecular weight is 368 g/mol. The Labute approximate surface area is 160 Å². The monoisotopic (exact) mass is 368 g/mol. The van der Waals surface area contributed by atoms with E-state index in [1.54, 1.807) is 5.57 Å². The molecule has 0 amide bonds. The largest absolute Gasteiger partial charge is 0.458 e. The summed E-state index contributed by atoms with van der Waals surface area (Å²) in [6, 6.07) is 0. The van der Waals surface area contributed by atoms with E-state index in [9.17, 15) is 9.59 Å². The Balaban J connectivity index is 1.36. The summed E-state index contributed by atoms with van der Waals surface area (Å²) in [6.45, 7) is 4.81. The van der Waals surface area contributed by atoms with Crippen LogP contribution in [0.1, 0.15) is 71.6 Å². The molecule has 144 valence electrons. The van der Waals surface area contributed by atoms with Gasteiger partial charge >= 0.3 is 5.97 Å². The second-order valence-corrected chi connectivity index (χ2v) is 11.0. The van der Waals surface area contributed by atoms with E-state index in [-0.39, 0.29) is 34.1 Å². The van der Waals surface area contributed by atoms with Crippen LogP contribution in [0.3, 0.4) is 0 Å². The highest BCUT2D eigenvalue weighted by molar-refractivity contribution is 5.84. The molecule has 27 heavy (non-hydrogen) atoms. The minimum Gasteiger partial charge on any atom is -0.458 e. The number of rotatable bonds is 0. The molecular weight excluding hydrogens is 340 g/mol. The Bertz CT molecular complexity index is 858. The lowest BCUT2D eigenvalue weighted by Gasteiger charge is -2.56. The summed E-state index contributed by atoms with van der Waals surface area (Å²) in [6.07, 6.45) is 8.54. The number of hydrogen-bond donors (Lipinski definition) is 0.